The van der Waals surface area contributed by atoms with Crippen LogP contribution in [0, 0.1) is 17.3 Å². The maximum atomic E-state index is 13.1. The van der Waals surface area contributed by atoms with E-state index in [9.17, 15) is 9.59 Å². The summed E-state index contributed by atoms with van der Waals surface area (Å²) in [5.41, 5.74) is 0.447. The molecule has 1 atom stereocenters. The molecule has 25 heavy (non-hydrogen) atoms. The summed E-state index contributed by atoms with van der Waals surface area (Å²) in [6.07, 6.45) is 0.309. The zero-order valence-electron chi connectivity index (χ0n) is 14.7. The molecule has 0 aliphatic heterocycles. The maximum Gasteiger partial charge on any atom is 0.247 e. The number of hydrogen-bond acceptors (Lipinski definition) is 2. The summed E-state index contributed by atoms with van der Waals surface area (Å²) >= 11 is 0. The lowest BCUT2D eigenvalue weighted by Gasteiger charge is -2.27. The third-order valence-corrected chi connectivity index (χ3v) is 4.18. The van der Waals surface area contributed by atoms with Gasteiger partial charge in [0.1, 0.15) is 0 Å². The minimum absolute atomic E-state index is 0.215. The van der Waals surface area contributed by atoms with Crippen molar-refractivity contribution in [1.29, 1.82) is 0 Å². The normalized spacial score (nSPS) is 18.9. The lowest BCUT2D eigenvalue weighted by Crippen LogP contribution is -2.51. The Balaban J connectivity index is 2.07. The van der Waals surface area contributed by atoms with E-state index < -0.39 is 11.0 Å². The first-order valence-electron chi connectivity index (χ1n) is 8.35. The van der Waals surface area contributed by atoms with E-state index in [0.717, 1.165) is 11.1 Å². The molecule has 2 aromatic rings. The van der Waals surface area contributed by atoms with E-state index in [4.69, 9.17) is 0 Å². The largest absolute Gasteiger partial charge is 0.350 e. The predicted molar refractivity (Wildman–Crippen MR) is 98.1 cm³/mol. The fourth-order valence-corrected chi connectivity index (χ4v) is 2.98. The van der Waals surface area contributed by atoms with Gasteiger partial charge in [-0.3, -0.25) is 9.59 Å². The van der Waals surface area contributed by atoms with Crippen LogP contribution < -0.4 is 5.32 Å². The SMILES string of the molecule is CC(C)(C)NC(=O)[C@@]1(C#Cc2ccccc2)Cc2ccccc2C1=O. The van der Waals surface area contributed by atoms with E-state index >= 15 is 0 Å². The van der Waals surface area contributed by atoms with Crippen molar-refractivity contribution in [2.75, 3.05) is 0 Å². The zero-order chi connectivity index (χ0) is 18.1. The van der Waals surface area contributed by atoms with Crippen molar-refractivity contribution >= 4 is 11.7 Å². The molecule has 0 radical (unpaired) electrons. The summed E-state index contributed by atoms with van der Waals surface area (Å²) < 4.78 is 0. The minimum atomic E-state index is -1.37. The smallest absolute Gasteiger partial charge is 0.247 e. The van der Waals surface area contributed by atoms with Gasteiger partial charge in [0.05, 0.1) is 0 Å². The second-order valence-corrected chi connectivity index (χ2v) is 7.39. The molecule has 1 N–H and O–H groups in total. The lowest BCUT2D eigenvalue weighted by molar-refractivity contribution is -0.127. The van der Waals surface area contributed by atoms with Crippen molar-refractivity contribution in [1.82, 2.24) is 5.32 Å². The van der Waals surface area contributed by atoms with Crippen molar-refractivity contribution in [3.05, 3.63) is 71.3 Å². The molecule has 0 spiro atoms. The van der Waals surface area contributed by atoms with E-state index in [1.165, 1.54) is 0 Å². The number of Topliss-reactive ketones (excluding diaryl/α,β-unsaturated/α-hetero) is 1. The summed E-state index contributed by atoms with van der Waals surface area (Å²) in [7, 11) is 0. The third kappa shape index (κ3) is 3.34. The highest BCUT2D eigenvalue weighted by atomic mass is 16.2. The Morgan fingerprint density at radius 1 is 1.04 bits per heavy atom. The molecule has 3 nitrogen and oxygen atoms in total. The Morgan fingerprint density at radius 2 is 1.68 bits per heavy atom. The number of ketones is 1. The molecule has 0 fully saturated rings. The van der Waals surface area contributed by atoms with E-state index in [2.05, 4.69) is 17.2 Å². The molecule has 126 valence electrons. The van der Waals surface area contributed by atoms with Gasteiger partial charge in [0, 0.05) is 23.1 Å². The van der Waals surface area contributed by atoms with Gasteiger partial charge in [0.2, 0.25) is 5.91 Å². The summed E-state index contributed by atoms with van der Waals surface area (Å²) in [6, 6.07) is 16.8. The van der Waals surface area contributed by atoms with Gasteiger partial charge in [-0.15, -0.1) is 0 Å². The number of carbonyl (C=O) groups is 2. The van der Waals surface area contributed by atoms with Gasteiger partial charge in [-0.2, -0.15) is 0 Å². The van der Waals surface area contributed by atoms with Crippen molar-refractivity contribution in [3.63, 3.8) is 0 Å². The van der Waals surface area contributed by atoms with E-state index in [1.807, 2.05) is 69.3 Å². The monoisotopic (exact) mass is 331 g/mol. The Morgan fingerprint density at radius 3 is 2.32 bits per heavy atom. The van der Waals surface area contributed by atoms with Crippen LogP contribution in [0.15, 0.2) is 54.6 Å². The second kappa shape index (κ2) is 6.22. The van der Waals surface area contributed by atoms with Gasteiger partial charge in [-0.05, 0) is 38.5 Å². The van der Waals surface area contributed by atoms with Crippen molar-refractivity contribution in [3.8, 4) is 11.8 Å². The maximum absolute atomic E-state index is 13.1. The molecule has 0 saturated heterocycles. The highest BCUT2D eigenvalue weighted by molar-refractivity contribution is 6.19. The molecule has 1 amide bonds. The molecule has 0 saturated carbocycles. The topological polar surface area (TPSA) is 46.2 Å². The molecule has 2 aromatic carbocycles. The first-order chi connectivity index (χ1) is 11.8. The molecule has 0 bridgehead atoms. The second-order valence-electron chi connectivity index (χ2n) is 7.39. The molecule has 0 unspecified atom stereocenters. The van der Waals surface area contributed by atoms with Gasteiger partial charge in [0.25, 0.3) is 0 Å². The van der Waals surface area contributed by atoms with Crippen LogP contribution in [-0.4, -0.2) is 17.2 Å². The zero-order valence-corrected chi connectivity index (χ0v) is 14.7. The quantitative estimate of drug-likeness (QED) is 0.643. The van der Waals surface area contributed by atoms with Crippen molar-refractivity contribution in [2.45, 2.75) is 32.7 Å². The number of amides is 1. The minimum Gasteiger partial charge on any atom is -0.350 e. The van der Waals surface area contributed by atoms with Crippen LogP contribution in [-0.2, 0) is 11.2 Å². The fourth-order valence-electron chi connectivity index (χ4n) is 2.98. The first-order valence-corrected chi connectivity index (χ1v) is 8.35. The first kappa shape index (κ1) is 17.0. The van der Waals surface area contributed by atoms with Crippen LogP contribution in [0.2, 0.25) is 0 Å². The Kier molecular flexibility index (Phi) is 4.22. The molecular weight excluding hydrogens is 310 g/mol. The molecule has 0 aromatic heterocycles. The van der Waals surface area contributed by atoms with Crippen molar-refractivity contribution in [2.24, 2.45) is 5.41 Å². The standard InChI is InChI=1S/C22H21NO2/c1-21(2,3)23-20(25)22(14-13-16-9-5-4-6-10-16)15-17-11-7-8-12-18(17)19(22)24/h4-12H,15H2,1-3H3,(H,23,25)/t22-/m0/s1. The third-order valence-electron chi connectivity index (χ3n) is 4.18. The highest BCUT2D eigenvalue weighted by Crippen LogP contribution is 2.37. The van der Waals surface area contributed by atoms with E-state index in [-0.39, 0.29) is 11.7 Å². The predicted octanol–water partition coefficient (Wildman–Crippen LogP) is 3.38. The van der Waals surface area contributed by atoms with Crippen LogP contribution in [0.3, 0.4) is 0 Å². The molecule has 3 rings (SSSR count). The van der Waals surface area contributed by atoms with E-state index in [0.29, 0.717) is 12.0 Å². The van der Waals surface area contributed by atoms with Crippen LogP contribution in [0.25, 0.3) is 0 Å². The summed E-state index contributed by atoms with van der Waals surface area (Å²) in [5.74, 6) is 5.50. The molecule has 0 heterocycles. The summed E-state index contributed by atoms with van der Waals surface area (Å²) in [6.45, 7) is 5.70. The van der Waals surface area contributed by atoms with Gasteiger partial charge < -0.3 is 5.32 Å². The average Bonchev–Trinajstić information content (AvgIpc) is 2.86. The van der Waals surface area contributed by atoms with Gasteiger partial charge in [-0.25, -0.2) is 0 Å². The van der Waals surface area contributed by atoms with Crippen LogP contribution in [0.4, 0.5) is 0 Å². The Hall–Kier alpha value is -2.86. The van der Waals surface area contributed by atoms with Gasteiger partial charge in [0.15, 0.2) is 11.2 Å². The summed E-state index contributed by atoms with van der Waals surface area (Å²) in [4.78, 5) is 26.2. The Bertz CT molecular complexity index is 881. The number of fused-ring (bicyclic) bond motifs is 1. The summed E-state index contributed by atoms with van der Waals surface area (Å²) in [5, 5.41) is 2.94. The number of nitrogens with one attached hydrogen (secondary N) is 1. The molecular formula is C22H21NO2. The molecule has 3 heteroatoms. The fraction of sp³-hybridized carbons (Fsp3) is 0.273. The highest BCUT2D eigenvalue weighted by Gasteiger charge is 2.51. The Labute approximate surface area is 148 Å². The number of rotatable bonds is 1. The van der Waals surface area contributed by atoms with Crippen molar-refractivity contribution < 1.29 is 9.59 Å². The van der Waals surface area contributed by atoms with Crippen LogP contribution in [0.1, 0.15) is 42.3 Å². The van der Waals surface area contributed by atoms with Gasteiger partial charge in [-0.1, -0.05) is 54.3 Å². The number of hydrogen-bond donors (Lipinski definition) is 1. The van der Waals surface area contributed by atoms with E-state index in [1.54, 1.807) is 6.07 Å². The molecule has 1 aliphatic rings. The van der Waals surface area contributed by atoms with Crippen LogP contribution >= 0.6 is 0 Å². The lowest BCUT2D eigenvalue weighted by atomic mass is 9.82. The molecule has 1 aliphatic carbocycles. The average molecular weight is 331 g/mol. The van der Waals surface area contributed by atoms with Gasteiger partial charge >= 0.3 is 0 Å². The number of benzene rings is 2. The number of carbonyl (C=O) groups excluding carboxylic acids is 2. The van der Waals surface area contributed by atoms with Crippen LogP contribution in [0.5, 0.6) is 0 Å².